The van der Waals surface area contributed by atoms with Crippen LogP contribution < -0.4 is 0 Å². The summed E-state index contributed by atoms with van der Waals surface area (Å²) in [6.45, 7) is 4.25. The maximum atomic E-state index is 12.9. The Hall–Kier alpha value is -2.95. The van der Waals surface area contributed by atoms with E-state index in [0.29, 0.717) is 12.2 Å². The summed E-state index contributed by atoms with van der Waals surface area (Å²) in [5.41, 5.74) is 1.58. The fourth-order valence-electron chi connectivity index (χ4n) is 3.02. The molecular weight excluding hydrogens is 354 g/mol. The molecule has 148 valence electrons. The highest BCUT2D eigenvalue weighted by Gasteiger charge is 2.23. The number of benzene rings is 2. The van der Waals surface area contributed by atoms with Crippen LogP contribution in [0.15, 0.2) is 60.7 Å². The largest absolute Gasteiger partial charge is 0.466 e. The number of hydrogen-bond acceptors (Lipinski definition) is 4. The second-order valence-electron chi connectivity index (χ2n) is 6.52. The minimum atomic E-state index is -0.332. The number of hydrogen-bond donors (Lipinski definition) is 0. The summed E-state index contributed by atoms with van der Waals surface area (Å²) in [5, 5.41) is 0. The number of ether oxygens (including phenoxy) is 1. The lowest BCUT2D eigenvalue weighted by Gasteiger charge is -2.29. The second-order valence-corrected chi connectivity index (χ2v) is 6.52. The molecule has 5 heteroatoms. The topological polar surface area (TPSA) is 63.7 Å². The Morgan fingerprint density at radius 3 is 2.11 bits per heavy atom. The molecule has 0 aliphatic rings. The number of nitrogens with zero attached hydrogens (tertiary/aromatic N) is 1. The van der Waals surface area contributed by atoms with Crippen molar-refractivity contribution in [2.75, 3.05) is 13.2 Å². The molecule has 5 nitrogen and oxygen atoms in total. The van der Waals surface area contributed by atoms with Gasteiger partial charge in [-0.05, 0) is 19.4 Å². The standard InChI is InChI=1S/C23H27NO4/c1-3-28-23(27)16-17-24(18(2)19-10-6-4-7-11-19)22(26)15-14-21(25)20-12-8-5-9-13-20/h4-13,18H,3,14-17H2,1-2H3. The number of carbonyl (C=O) groups is 3. The quantitative estimate of drug-likeness (QED) is 0.457. The third-order valence-electron chi connectivity index (χ3n) is 4.59. The van der Waals surface area contributed by atoms with Crippen molar-refractivity contribution in [3.63, 3.8) is 0 Å². The maximum absolute atomic E-state index is 12.9. The Kier molecular flexibility index (Phi) is 8.40. The average Bonchev–Trinajstić information content (AvgIpc) is 2.73. The van der Waals surface area contributed by atoms with Gasteiger partial charge in [-0.2, -0.15) is 0 Å². The van der Waals surface area contributed by atoms with Crippen molar-refractivity contribution < 1.29 is 19.1 Å². The van der Waals surface area contributed by atoms with Gasteiger partial charge in [0.2, 0.25) is 5.91 Å². The smallest absolute Gasteiger partial charge is 0.307 e. The van der Waals surface area contributed by atoms with E-state index < -0.39 is 0 Å². The van der Waals surface area contributed by atoms with Crippen LogP contribution in [-0.4, -0.2) is 35.7 Å². The molecule has 1 unspecified atom stereocenters. The molecule has 0 aromatic heterocycles. The molecular formula is C23H27NO4. The van der Waals surface area contributed by atoms with Crippen molar-refractivity contribution in [3.05, 3.63) is 71.8 Å². The third-order valence-corrected chi connectivity index (χ3v) is 4.59. The van der Waals surface area contributed by atoms with Gasteiger partial charge in [0.1, 0.15) is 0 Å². The van der Waals surface area contributed by atoms with E-state index in [9.17, 15) is 14.4 Å². The van der Waals surface area contributed by atoms with Gasteiger partial charge in [0.15, 0.2) is 5.78 Å². The molecule has 0 saturated carbocycles. The van der Waals surface area contributed by atoms with Gasteiger partial charge >= 0.3 is 5.97 Å². The van der Waals surface area contributed by atoms with E-state index in [0.717, 1.165) is 5.56 Å². The highest BCUT2D eigenvalue weighted by molar-refractivity contribution is 5.97. The van der Waals surface area contributed by atoms with Gasteiger partial charge in [-0.3, -0.25) is 14.4 Å². The molecule has 0 fully saturated rings. The fraction of sp³-hybridized carbons (Fsp3) is 0.348. The summed E-state index contributed by atoms with van der Waals surface area (Å²) >= 11 is 0. The van der Waals surface area contributed by atoms with Crippen LogP contribution in [-0.2, 0) is 14.3 Å². The Bertz CT molecular complexity index is 774. The Labute approximate surface area is 166 Å². The lowest BCUT2D eigenvalue weighted by molar-refractivity contribution is -0.144. The van der Waals surface area contributed by atoms with Gasteiger partial charge in [-0.25, -0.2) is 0 Å². The molecule has 0 radical (unpaired) electrons. The van der Waals surface area contributed by atoms with Crippen molar-refractivity contribution in [1.82, 2.24) is 4.90 Å². The summed E-state index contributed by atoms with van der Waals surface area (Å²) in [4.78, 5) is 38.6. The van der Waals surface area contributed by atoms with Crippen LogP contribution in [0.4, 0.5) is 0 Å². The van der Waals surface area contributed by atoms with Crippen LogP contribution in [0.2, 0.25) is 0 Å². The van der Waals surface area contributed by atoms with Crippen LogP contribution >= 0.6 is 0 Å². The molecule has 0 aliphatic heterocycles. The van der Waals surface area contributed by atoms with E-state index in [2.05, 4.69) is 0 Å². The van der Waals surface area contributed by atoms with Crippen LogP contribution in [0.25, 0.3) is 0 Å². The lowest BCUT2D eigenvalue weighted by atomic mass is 10.0. The minimum absolute atomic E-state index is 0.0633. The highest BCUT2D eigenvalue weighted by atomic mass is 16.5. The molecule has 0 saturated heterocycles. The van der Waals surface area contributed by atoms with Crippen molar-refractivity contribution >= 4 is 17.7 Å². The van der Waals surface area contributed by atoms with Crippen molar-refractivity contribution in [3.8, 4) is 0 Å². The second kappa shape index (κ2) is 11.0. The van der Waals surface area contributed by atoms with Crippen LogP contribution in [0.3, 0.4) is 0 Å². The molecule has 1 atom stereocenters. The van der Waals surface area contributed by atoms with Crippen molar-refractivity contribution in [2.45, 2.75) is 39.2 Å². The number of amides is 1. The summed E-state index contributed by atoms with van der Waals surface area (Å²) in [5.74, 6) is -0.544. The SMILES string of the molecule is CCOC(=O)CCN(C(=O)CCC(=O)c1ccccc1)C(C)c1ccccc1. The van der Waals surface area contributed by atoms with Gasteiger partial charge in [-0.1, -0.05) is 60.7 Å². The maximum Gasteiger partial charge on any atom is 0.307 e. The average molecular weight is 381 g/mol. The first kappa shape index (κ1) is 21.4. The highest BCUT2D eigenvalue weighted by Crippen LogP contribution is 2.22. The Morgan fingerprint density at radius 1 is 0.893 bits per heavy atom. The summed E-state index contributed by atoms with van der Waals surface area (Å²) in [7, 11) is 0. The van der Waals surface area contributed by atoms with Crippen molar-refractivity contribution in [1.29, 1.82) is 0 Å². The van der Waals surface area contributed by atoms with Crippen molar-refractivity contribution in [2.24, 2.45) is 0 Å². The number of rotatable bonds is 10. The number of esters is 1. The predicted molar refractivity (Wildman–Crippen MR) is 108 cm³/mol. The molecule has 0 aliphatic carbocycles. The van der Waals surface area contributed by atoms with E-state index in [-0.39, 0.29) is 49.5 Å². The first-order chi connectivity index (χ1) is 13.5. The molecule has 28 heavy (non-hydrogen) atoms. The molecule has 0 heterocycles. The van der Waals surface area contributed by atoms with Gasteiger partial charge in [0, 0.05) is 24.9 Å². The Balaban J connectivity index is 2.05. The van der Waals surface area contributed by atoms with E-state index in [4.69, 9.17) is 4.74 Å². The first-order valence-corrected chi connectivity index (χ1v) is 9.61. The number of Topliss-reactive ketones (excluding diaryl/α,β-unsaturated/α-hetero) is 1. The van der Waals surface area contributed by atoms with Crippen LogP contribution in [0.1, 0.15) is 55.1 Å². The Morgan fingerprint density at radius 2 is 1.50 bits per heavy atom. The molecule has 2 aromatic carbocycles. The zero-order valence-electron chi connectivity index (χ0n) is 16.5. The fourth-order valence-corrected chi connectivity index (χ4v) is 3.02. The zero-order valence-corrected chi connectivity index (χ0v) is 16.5. The predicted octanol–water partition coefficient (Wildman–Crippen LogP) is 4.19. The minimum Gasteiger partial charge on any atom is -0.466 e. The van der Waals surface area contributed by atoms with E-state index in [1.165, 1.54) is 0 Å². The van der Waals surface area contributed by atoms with Gasteiger partial charge < -0.3 is 9.64 Å². The first-order valence-electron chi connectivity index (χ1n) is 9.61. The number of carbonyl (C=O) groups excluding carboxylic acids is 3. The summed E-state index contributed by atoms with van der Waals surface area (Å²) < 4.78 is 4.98. The van der Waals surface area contributed by atoms with Crippen LogP contribution in [0.5, 0.6) is 0 Å². The summed E-state index contributed by atoms with van der Waals surface area (Å²) in [6, 6.07) is 18.4. The van der Waals surface area contributed by atoms with E-state index in [1.54, 1.807) is 36.1 Å². The van der Waals surface area contributed by atoms with Gasteiger partial charge in [0.05, 0.1) is 19.1 Å². The van der Waals surface area contributed by atoms with Gasteiger partial charge in [-0.15, -0.1) is 0 Å². The molecule has 0 N–H and O–H groups in total. The molecule has 0 spiro atoms. The van der Waals surface area contributed by atoms with E-state index >= 15 is 0 Å². The van der Waals surface area contributed by atoms with Gasteiger partial charge in [0.25, 0.3) is 0 Å². The zero-order chi connectivity index (χ0) is 20.4. The third kappa shape index (κ3) is 6.34. The van der Waals surface area contributed by atoms with Crippen LogP contribution in [0, 0.1) is 0 Å². The van der Waals surface area contributed by atoms with E-state index in [1.807, 2.05) is 43.3 Å². The lowest BCUT2D eigenvalue weighted by Crippen LogP contribution is -2.35. The molecule has 1 amide bonds. The molecule has 2 aromatic rings. The normalized spacial score (nSPS) is 11.5. The monoisotopic (exact) mass is 381 g/mol. The molecule has 2 rings (SSSR count). The molecule has 0 bridgehead atoms. The number of ketones is 1. The summed E-state index contributed by atoms with van der Waals surface area (Å²) in [6.07, 6.45) is 0.372.